The second kappa shape index (κ2) is 5.28. The predicted octanol–water partition coefficient (Wildman–Crippen LogP) is 2.47. The quantitative estimate of drug-likeness (QED) is 0.912. The van der Waals surface area contributed by atoms with E-state index in [4.69, 9.17) is 4.74 Å². The van der Waals surface area contributed by atoms with Crippen LogP contribution in [-0.4, -0.2) is 32.3 Å². The molecule has 0 aromatic carbocycles. The number of thiophene rings is 1. The summed E-state index contributed by atoms with van der Waals surface area (Å²) in [7, 11) is 1.87. The molecule has 0 saturated carbocycles. The lowest BCUT2D eigenvalue weighted by Crippen LogP contribution is -2.29. The lowest BCUT2D eigenvalue weighted by molar-refractivity contribution is 0.141. The van der Waals surface area contributed by atoms with Crippen molar-refractivity contribution < 1.29 is 9.53 Å². The third kappa shape index (κ3) is 2.24. The van der Waals surface area contributed by atoms with Gasteiger partial charge in [-0.1, -0.05) is 6.92 Å². The van der Waals surface area contributed by atoms with Gasteiger partial charge in [-0.2, -0.15) is 0 Å². The number of anilines is 1. The van der Waals surface area contributed by atoms with Crippen molar-refractivity contribution in [2.75, 3.05) is 25.0 Å². The van der Waals surface area contributed by atoms with E-state index in [0.29, 0.717) is 13.1 Å². The van der Waals surface area contributed by atoms with E-state index in [0.717, 1.165) is 12.1 Å². The van der Waals surface area contributed by atoms with Gasteiger partial charge in [-0.3, -0.25) is 4.90 Å². The summed E-state index contributed by atoms with van der Waals surface area (Å²) in [5.41, 5.74) is 2.28. The molecule has 2 heterocycles. The van der Waals surface area contributed by atoms with Gasteiger partial charge in [-0.15, -0.1) is 11.3 Å². The summed E-state index contributed by atoms with van der Waals surface area (Å²) in [4.78, 5) is 16.3. The van der Waals surface area contributed by atoms with Crippen LogP contribution < -0.4 is 10.2 Å². The maximum absolute atomic E-state index is 11.9. The second-order valence-corrected chi connectivity index (χ2v) is 5.89. The number of amides is 1. The molecule has 5 heteroatoms. The molecule has 1 atom stereocenters. The SMILES string of the molecule is CCc1sc(C)c(N2CC(CNC)OC2=O)c1C. The maximum atomic E-state index is 11.9. The van der Waals surface area contributed by atoms with Crippen molar-refractivity contribution in [2.45, 2.75) is 33.3 Å². The Morgan fingerprint density at radius 1 is 1.50 bits per heavy atom. The van der Waals surface area contributed by atoms with Crippen LogP contribution in [0.2, 0.25) is 0 Å². The predicted molar refractivity (Wildman–Crippen MR) is 74.7 cm³/mol. The van der Waals surface area contributed by atoms with Gasteiger partial charge in [0, 0.05) is 16.3 Å². The van der Waals surface area contributed by atoms with Gasteiger partial charge in [0.2, 0.25) is 0 Å². The first-order valence-electron chi connectivity index (χ1n) is 6.30. The van der Waals surface area contributed by atoms with Gasteiger partial charge in [-0.05, 0) is 32.9 Å². The molecule has 0 bridgehead atoms. The molecule has 1 aliphatic rings. The molecule has 1 aromatic rings. The third-order valence-corrected chi connectivity index (χ3v) is 4.62. The number of rotatable bonds is 4. The van der Waals surface area contributed by atoms with E-state index in [-0.39, 0.29) is 12.2 Å². The number of nitrogens with zero attached hydrogens (tertiary/aromatic N) is 1. The van der Waals surface area contributed by atoms with Crippen molar-refractivity contribution in [2.24, 2.45) is 0 Å². The zero-order chi connectivity index (χ0) is 13.3. The number of carbonyl (C=O) groups excluding carboxylic acids is 1. The minimum atomic E-state index is -0.220. The van der Waals surface area contributed by atoms with Gasteiger partial charge < -0.3 is 10.1 Å². The smallest absolute Gasteiger partial charge is 0.414 e. The Labute approximate surface area is 112 Å². The first kappa shape index (κ1) is 13.4. The van der Waals surface area contributed by atoms with Gasteiger partial charge in [0.05, 0.1) is 12.2 Å². The number of carbonyl (C=O) groups is 1. The van der Waals surface area contributed by atoms with Gasteiger partial charge in [0.15, 0.2) is 0 Å². The summed E-state index contributed by atoms with van der Waals surface area (Å²) in [5, 5.41) is 3.05. The van der Waals surface area contributed by atoms with Gasteiger partial charge in [0.1, 0.15) is 6.10 Å². The van der Waals surface area contributed by atoms with Crippen LogP contribution in [0.5, 0.6) is 0 Å². The molecule has 1 N–H and O–H groups in total. The molecule has 0 spiro atoms. The largest absolute Gasteiger partial charge is 0.443 e. The molecule has 1 aliphatic heterocycles. The van der Waals surface area contributed by atoms with Crippen LogP contribution in [0.4, 0.5) is 10.5 Å². The van der Waals surface area contributed by atoms with Crippen molar-refractivity contribution in [3.63, 3.8) is 0 Å². The zero-order valence-corrected chi connectivity index (χ0v) is 12.2. The highest BCUT2D eigenvalue weighted by molar-refractivity contribution is 7.12. The number of hydrogen-bond acceptors (Lipinski definition) is 4. The Morgan fingerprint density at radius 3 is 2.78 bits per heavy atom. The summed E-state index contributed by atoms with van der Waals surface area (Å²) in [6.07, 6.45) is 0.744. The molecule has 4 nitrogen and oxygen atoms in total. The average molecular weight is 268 g/mol. The first-order chi connectivity index (χ1) is 8.58. The molecule has 1 fully saturated rings. The van der Waals surface area contributed by atoms with E-state index in [1.54, 1.807) is 16.2 Å². The van der Waals surface area contributed by atoms with Crippen molar-refractivity contribution in [1.82, 2.24) is 5.32 Å². The average Bonchev–Trinajstić information content (AvgIpc) is 2.80. The summed E-state index contributed by atoms with van der Waals surface area (Å²) in [5.74, 6) is 0. The summed E-state index contributed by atoms with van der Waals surface area (Å²) >= 11 is 1.78. The lowest BCUT2D eigenvalue weighted by Gasteiger charge is -2.14. The van der Waals surface area contributed by atoms with Crippen LogP contribution in [0.3, 0.4) is 0 Å². The van der Waals surface area contributed by atoms with Crippen molar-refractivity contribution >= 4 is 23.1 Å². The van der Waals surface area contributed by atoms with Crippen molar-refractivity contribution in [3.05, 3.63) is 15.3 Å². The summed E-state index contributed by atoms with van der Waals surface area (Å²) in [6.45, 7) is 7.65. The molecule has 1 saturated heterocycles. The van der Waals surface area contributed by atoms with Gasteiger partial charge in [0.25, 0.3) is 0 Å². The Hall–Kier alpha value is -1.07. The molecule has 1 aromatic heterocycles. The Morgan fingerprint density at radius 2 is 2.22 bits per heavy atom. The van der Waals surface area contributed by atoms with Crippen molar-refractivity contribution in [3.8, 4) is 0 Å². The topological polar surface area (TPSA) is 41.6 Å². The van der Waals surface area contributed by atoms with Gasteiger partial charge in [-0.25, -0.2) is 4.79 Å². The Bertz CT molecular complexity index is 456. The van der Waals surface area contributed by atoms with Crippen LogP contribution in [0.1, 0.15) is 22.2 Å². The highest BCUT2D eigenvalue weighted by Crippen LogP contribution is 2.37. The molecule has 0 radical (unpaired) electrons. The number of likely N-dealkylation sites (N-methyl/N-ethyl adjacent to an activating group) is 1. The number of ether oxygens (including phenoxy) is 1. The Kier molecular flexibility index (Phi) is 3.92. The molecule has 1 unspecified atom stereocenters. The first-order valence-corrected chi connectivity index (χ1v) is 7.11. The normalized spacial score (nSPS) is 19.4. The molecule has 18 heavy (non-hydrogen) atoms. The molecular weight excluding hydrogens is 248 g/mol. The number of nitrogens with one attached hydrogen (secondary N) is 1. The van der Waals surface area contributed by atoms with Crippen LogP contribution in [0.25, 0.3) is 0 Å². The fraction of sp³-hybridized carbons (Fsp3) is 0.615. The molecule has 0 aliphatic carbocycles. The van der Waals surface area contributed by atoms with E-state index >= 15 is 0 Å². The van der Waals surface area contributed by atoms with E-state index in [1.165, 1.54) is 15.3 Å². The second-order valence-electron chi connectivity index (χ2n) is 4.58. The van der Waals surface area contributed by atoms with E-state index in [1.807, 2.05) is 7.05 Å². The van der Waals surface area contributed by atoms with Crippen LogP contribution in [0.15, 0.2) is 0 Å². The van der Waals surface area contributed by atoms with Crippen LogP contribution in [0, 0.1) is 13.8 Å². The van der Waals surface area contributed by atoms with Crippen LogP contribution >= 0.6 is 11.3 Å². The summed E-state index contributed by atoms with van der Waals surface area (Å²) < 4.78 is 5.35. The number of aryl methyl sites for hydroxylation is 2. The molecule has 100 valence electrons. The number of cyclic esters (lactones) is 1. The standard InChI is InChI=1S/C13H20N2O2S/c1-5-11-8(2)12(9(3)18-11)15-7-10(6-14-4)17-13(15)16/h10,14H,5-7H2,1-4H3. The van der Waals surface area contributed by atoms with Crippen molar-refractivity contribution in [1.29, 1.82) is 0 Å². The van der Waals surface area contributed by atoms with Crippen LogP contribution in [-0.2, 0) is 11.2 Å². The van der Waals surface area contributed by atoms with E-state index in [9.17, 15) is 4.79 Å². The van der Waals surface area contributed by atoms with E-state index < -0.39 is 0 Å². The molecule has 1 amide bonds. The summed E-state index contributed by atoms with van der Waals surface area (Å²) in [6, 6.07) is 0. The molecule has 2 rings (SSSR count). The fourth-order valence-corrected chi connectivity index (χ4v) is 3.60. The lowest BCUT2D eigenvalue weighted by atomic mass is 10.2. The Balaban J connectivity index is 2.27. The minimum Gasteiger partial charge on any atom is -0.443 e. The minimum absolute atomic E-state index is 0.0497. The monoisotopic (exact) mass is 268 g/mol. The van der Waals surface area contributed by atoms with E-state index in [2.05, 4.69) is 26.1 Å². The number of hydrogen-bond donors (Lipinski definition) is 1. The fourth-order valence-electron chi connectivity index (χ4n) is 2.47. The maximum Gasteiger partial charge on any atom is 0.414 e. The van der Waals surface area contributed by atoms with Gasteiger partial charge >= 0.3 is 6.09 Å². The molecular formula is C13H20N2O2S. The zero-order valence-electron chi connectivity index (χ0n) is 11.4. The highest BCUT2D eigenvalue weighted by atomic mass is 32.1. The highest BCUT2D eigenvalue weighted by Gasteiger charge is 2.34. The third-order valence-electron chi connectivity index (χ3n) is 3.28.